The normalized spacial score (nSPS) is 18.6. The Balaban J connectivity index is 1.84. The van der Waals surface area contributed by atoms with Crippen LogP contribution in [0.4, 0.5) is 4.39 Å². The van der Waals surface area contributed by atoms with Gasteiger partial charge in [0.05, 0.1) is 26.7 Å². The third kappa shape index (κ3) is 4.36. The quantitative estimate of drug-likeness (QED) is 0.679. The zero-order chi connectivity index (χ0) is 21.7. The Bertz CT molecular complexity index is 878. The van der Waals surface area contributed by atoms with E-state index < -0.39 is 5.41 Å². The number of likely N-dealkylation sites (tertiary alicyclic amines) is 1. The first kappa shape index (κ1) is 21.9. The van der Waals surface area contributed by atoms with Gasteiger partial charge in [-0.15, -0.1) is 0 Å². The van der Waals surface area contributed by atoms with Crippen LogP contribution in [0.1, 0.15) is 24.0 Å². The lowest BCUT2D eigenvalue weighted by molar-refractivity contribution is -0.137. The third-order valence-electron chi connectivity index (χ3n) is 5.72. The van der Waals surface area contributed by atoms with E-state index in [1.165, 1.54) is 12.1 Å². The number of rotatable bonds is 9. The second kappa shape index (κ2) is 9.34. The predicted octanol–water partition coefficient (Wildman–Crippen LogP) is 3.20. The number of carbonyl (C=O) groups is 1. The van der Waals surface area contributed by atoms with Crippen molar-refractivity contribution in [2.45, 2.75) is 25.8 Å². The van der Waals surface area contributed by atoms with Crippen LogP contribution >= 0.6 is 0 Å². The minimum atomic E-state index is -0.733. The molecule has 1 aliphatic heterocycles. The van der Waals surface area contributed by atoms with Crippen LogP contribution in [0.2, 0.25) is 0 Å². The van der Waals surface area contributed by atoms with Crippen molar-refractivity contribution in [1.82, 2.24) is 4.90 Å². The zero-order valence-corrected chi connectivity index (χ0v) is 17.6. The molecular formula is C23H28FNO5. The summed E-state index contributed by atoms with van der Waals surface area (Å²) < 4.78 is 29.8. The van der Waals surface area contributed by atoms with Gasteiger partial charge in [-0.25, -0.2) is 4.39 Å². The number of halogens is 1. The van der Waals surface area contributed by atoms with Crippen LogP contribution in [-0.4, -0.2) is 50.4 Å². The smallest absolute Gasteiger partial charge is 0.229 e. The molecule has 1 saturated heterocycles. The van der Waals surface area contributed by atoms with Crippen LogP contribution in [0.15, 0.2) is 36.4 Å². The Labute approximate surface area is 176 Å². The molecule has 0 aromatic heterocycles. The van der Waals surface area contributed by atoms with Crippen molar-refractivity contribution >= 4 is 5.91 Å². The second-order valence-corrected chi connectivity index (χ2v) is 7.57. The summed E-state index contributed by atoms with van der Waals surface area (Å²) in [5.74, 6) is 1.19. The van der Waals surface area contributed by atoms with Gasteiger partial charge in [-0.1, -0.05) is 12.1 Å². The molecule has 1 aliphatic rings. The van der Waals surface area contributed by atoms with E-state index in [1.807, 2.05) is 18.2 Å². The molecular weight excluding hydrogens is 389 g/mol. The molecule has 2 aromatic carbocycles. The molecule has 30 heavy (non-hydrogen) atoms. The molecule has 0 saturated carbocycles. The lowest BCUT2D eigenvalue weighted by atomic mass is 9.77. The Morgan fingerprint density at radius 3 is 2.33 bits per heavy atom. The number of methoxy groups -OCH3 is 3. The SMILES string of the molecule is COc1cc(CN2CCC(CCO)(Cc3cccc(F)c3)C2=O)cc(OC)c1OC. The summed E-state index contributed by atoms with van der Waals surface area (Å²) in [5.41, 5.74) is 0.873. The number of amides is 1. The molecule has 0 bridgehead atoms. The molecule has 1 atom stereocenters. The maximum Gasteiger partial charge on any atom is 0.229 e. The zero-order valence-electron chi connectivity index (χ0n) is 17.6. The van der Waals surface area contributed by atoms with Gasteiger partial charge < -0.3 is 24.2 Å². The van der Waals surface area contributed by atoms with Gasteiger partial charge in [0, 0.05) is 19.7 Å². The van der Waals surface area contributed by atoms with Gasteiger partial charge in [-0.2, -0.15) is 0 Å². The maximum atomic E-state index is 13.6. The van der Waals surface area contributed by atoms with E-state index in [0.717, 1.165) is 11.1 Å². The van der Waals surface area contributed by atoms with Crippen LogP contribution in [0.3, 0.4) is 0 Å². The summed E-state index contributed by atoms with van der Waals surface area (Å²) in [5, 5.41) is 9.62. The molecule has 0 aliphatic carbocycles. The molecule has 6 nitrogen and oxygen atoms in total. The van der Waals surface area contributed by atoms with E-state index >= 15 is 0 Å². The first-order valence-corrected chi connectivity index (χ1v) is 9.90. The third-order valence-corrected chi connectivity index (χ3v) is 5.72. The largest absolute Gasteiger partial charge is 0.493 e. The van der Waals surface area contributed by atoms with E-state index in [2.05, 4.69) is 0 Å². The highest BCUT2D eigenvalue weighted by Crippen LogP contribution is 2.41. The number of carbonyl (C=O) groups excluding carboxylic acids is 1. The fourth-order valence-electron chi connectivity index (χ4n) is 4.23. The highest BCUT2D eigenvalue weighted by Gasteiger charge is 2.46. The van der Waals surface area contributed by atoms with Crippen molar-refractivity contribution in [1.29, 1.82) is 0 Å². The molecule has 0 radical (unpaired) electrons. The molecule has 1 unspecified atom stereocenters. The Kier molecular flexibility index (Phi) is 6.82. The molecule has 3 rings (SSSR count). The lowest BCUT2D eigenvalue weighted by Crippen LogP contribution is -2.36. The summed E-state index contributed by atoms with van der Waals surface area (Å²) in [6, 6.07) is 9.95. The summed E-state index contributed by atoms with van der Waals surface area (Å²) in [7, 11) is 4.64. The van der Waals surface area contributed by atoms with Gasteiger partial charge in [0.1, 0.15) is 5.82 Å². The topological polar surface area (TPSA) is 68.2 Å². The van der Waals surface area contributed by atoms with E-state index in [9.17, 15) is 14.3 Å². The standard InChI is InChI=1S/C23H28FNO5/c1-28-19-12-17(13-20(29-2)21(19)30-3)15-25-9-7-23(8-10-26,22(25)27)14-16-5-4-6-18(24)11-16/h4-6,11-13,26H,7-10,14-15H2,1-3H3. The minimum Gasteiger partial charge on any atom is -0.493 e. The van der Waals surface area contributed by atoms with E-state index in [4.69, 9.17) is 14.2 Å². The highest BCUT2D eigenvalue weighted by molar-refractivity contribution is 5.85. The van der Waals surface area contributed by atoms with Crippen LogP contribution in [-0.2, 0) is 17.8 Å². The summed E-state index contributed by atoms with van der Waals surface area (Å²) in [6.07, 6.45) is 1.34. The van der Waals surface area contributed by atoms with Crippen LogP contribution < -0.4 is 14.2 Å². The fourth-order valence-corrected chi connectivity index (χ4v) is 4.23. The highest BCUT2D eigenvalue weighted by atomic mass is 19.1. The fraction of sp³-hybridized carbons (Fsp3) is 0.435. The van der Waals surface area contributed by atoms with Crippen molar-refractivity contribution in [3.8, 4) is 17.2 Å². The summed E-state index contributed by atoms with van der Waals surface area (Å²) in [4.78, 5) is 15.2. The number of aliphatic hydroxyl groups excluding tert-OH is 1. The van der Waals surface area contributed by atoms with Crippen molar-refractivity contribution in [3.63, 3.8) is 0 Å². The molecule has 1 N–H and O–H groups in total. The maximum absolute atomic E-state index is 13.6. The average Bonchev–Trinajstić information content (AvgIpc) is 3.03. The predicted molar refractivity (Wildman–Crippen MR) is 110 cm³/mol. The molecule has 0 spiro atoms. The number of benzene rings is 2. The number of aliphatic hydroxyl groups is 1. The van der Waals surface area contributed by atoms with Crippen LogP contribution in [0.5, 0.6) is 17.2 Å². The number of hydrogen-bond acceptors (Lipinski definition) is 5. The molecule has 1 amide bonds. The Morgan fingerprint density at radius 1 is 1.07 bits per heavy atom. The molecule has 2 aromatic rings. The van der Waals surface area contributed by atoms with Crippen molar-refractivity contribution < 1.29 is 28.5 Å². The van der Waals surface area contributed by atoms with Gasteiger partial charge in [0.15, 0.2) is 11.5 Å². The van der Waals surface area contributed by atoms with Gasteiger partial charge in [0.25, 0.3) is 0 Å². The molecule has 162 valence electrons. The molecule has 7 heteroatoms. The average molecular weight is 417 g/mol. The van der Waals surface area contributed by atoms with E-state index in [1.54, 1.807) is 32.3 Å². The number of hydrogen-bond donors (Lipinski definition) is 1. The van der Waals surface area contributed by atoms with Crippen LogP contribution in [0, 0.1) is 11.2 Å². The van der Waals surface area contributed by atoms with Gasteiger partial charge in [-0.05, 0) is 54.7 Å². The van der Waals surface area contributed by atoms with Gasteiger partial charge in [0.2, 0.25) is 11.7 Å². The summed E-state index contributed by atoms with van der Waals surface area (Å²) >= 11 is 0. The van der Waals surface area contributed by atoms with Crippen molar-refractivity contribution in [3.05, 3.63) is 53.3 Å². The van der Waals surface area contributed by atoms with Crippen LogP contribution in [0.25, 0.3) is 0 Å². The number of nitrogens with zero attached hydrogens (tertiary/aromatic N) is 1. The first-order chi connectivity index (χ1) is 14.5. The summed E-state index contributed by atoms with van der Waals surface area (Å²) in [6.45, 7) is 0.843. The number of ether oxygens (including phenoxy) is 3. The molecule has 1 heterocycles. The Morgan fingerprint density at radius 2 is 1.77 bits per heavy atom. The first-order valence-electron chi connectivity index (χ1n) is 9.90. The van der Waals surface area contributed by atoms with Crippen molar-refractivity contribution in [2.24, 2.45) is 5.41 Å². The second-order valence-electron chi connectivity index (χ2n) is 7.57. The molecule has 1 fully saturated rings. The minimum absolute atomic E-state index is 0.0328. The van der Waals surface area contributed by atoms with E-state index in [-0.39, 0.29) is 18.3 Å². The lowest BCUT2D eigenvalue weighted by Gasteiger charge is -2.28. The van der Waals surface area contributed by atoms with E-state index in [0.29, 0.717) is 49.6 Å². The van der Waals surface area contributed by atoms with Crippen molar-refractivity contribution in [2.75, 3.05) is 34.5 Å². The monoisotopic (exact) mass is 417 g/mol. The van der Waals surface area contributed by atoms with Gasteiger partial charge in [-0.3, -0.25) is 4.79 Å². The Hall–Kier alpha value is -2.80. The van der Waals surface area contributed by atoms with Gasteiger partial charge >= 0.3 is 0 Å².